The standard InChI is InChI=1S/C13H12BrN3O/c1-2-7-18-13(8-17-10-15-9-16-17)11-3-5-12(14)6-4-11/h1,3-6,9-10,13H,7-8H2. The van der Waals surface area contributed by atoms with Crippen molar-refractivity contribution in [3.8, 4) is 12.3 Å². The van der Waals surface area contributed by atoms with Gasteiger partial charge in [-0.05, 0) is 17.7 Å². The molecular formula is C13H12BrN3O. The Morgan fingerprint density at radius 2 is 2.17 bits per heavy atom. The van der Waals surface area contributed by atoms with Crippen LogP contribution in [0.25, 0.3) is 0 Å². The van der Waals surface area contributed by atoms with Gasteiger partial charge in [0, 0.05) is 4.47 Å². The number of ether oxygens (including phenoxy) is 1. The third kappa shape index (κ3) is 3.42. The van der Waals surface area contributed by atoms with Crippen molar-refractivity contribution >= 4 is 15.9 Å². The van der Waals surface area contributed by atoms with E-state index in [-0.39, 0.29) is 12.7 Å². The van der Waals surface area contributed by atoms with Crippen molar-refractivity contribution in [1.29, 1.82) is 0 Å². The molecule has 4 nitrogen and oxygen atoms in total. The van der Waals surface area contributed by atoms with E-state index >= 15 is 0 Å². The van der Waals surface area contributed by atoms with Gasteiger partial charge in [-0.3, -0.25) is 4.68 Å². The maximum Gasteiger partial charge on any atom is 0.137 e. The maximum absolute atomic E-state index is 5.65. The van der Waals surface area contributed by atoms with Crippen molar-refractivity contribution in [2.24, 2.45) is 0 Å². The highest BCUT2D eigenvalue weighted by atomic mass is 79.9. The molecule has 2 aromatic rings. The van der Waals surface area contributed by atoms with E-state index in [9.17, 15) is 0 Å². The lowest BCUT2D eigenvalue weighted by atomic mass is 10.1. The molecule has 1 aromatic heterocycles. The van der Waals surface area contributed by atoms with Crippen molar-refractivity contribution in [1.82, 2.24) is 14.8 Å². The van der Waals surface area contributed by atoms with Crippen LogP contribution in [0.4, 0.5) is 0 Å². The lowest BCUT2D eigenvalue weighted by molar-refractivity contribution is 0.0612. The first-order valence-electron chi connectivity index (χ1n) is 5.42. The number of halogens is 1. The fourth-order valence-electron chi connectivity index (χ4n) is 1.58. The third-order valence-corrected chi connectivity index (χ3v) is 2.96. The average molecular weight is 306 g/mol. The van der Waals surface area contributed by atoms with Crippen LogP contribution in [0.1, 0.15) is 11.7 Å². The number of rotatable bonds is 5. The number of nitrogens with zero attached hydrogens (tertiary/aromatic N) is 3. The summed E-state index contributed by atoms with van der Waals surface area (Å²) < 4.78 is 8.41. The molecule has 1 atom stereocenters. The summed E-state index contributed by atoms with van der Waals surface area (Å²) in [5.74, 6) is 2.48. The van der Waals surface area contributed by atoms with Crippen LogP contribution < -0.4 is 0 Å². The summed E-state index contributed by atoms with van der Waals surface area (Å²) in [5, 5.41) is 4.07. The minimum Gasteiger partial charge on any atom is -0.359 e. The van der Waals surface area contributed by atoms with Crippen LogP contribution in [0, 0.1) is 12.3 Å². The second kappa shape index (κ2) is 6.34. The van der Waals surface area contributed by atoms with Crippen LogP contribution in [0.3, 0.4) is 0 Å². The molecule has 0 aliphatic carbocycles. The molecule has 0 amide bonds. The molecule has 0 fully saturated rings. The van der Waals surface area contributed by atoms with Gasteiger partial charge < -0.3 is 4.74 Å². The molecular weight excluding hydrogens is 294 g/mol. The van der Waals surface area contributed by atoms with Crippen LogP contribution in [0.2, 0.25) is 0 Å². The van der Waals surface area contributed by atoms with Gasteiger partial charge in [-0.15, -0.1) is 6.42 Å². The van der Waals surface area contributed by atoms with Crippen molar-refractivity contribution in [2.75, 3.05) is 6.61 Å². The zero-order valence-electron chi connectivity index (χ0n) is 9.66. The molecule has 1 aromatic carbocycles. The Bertz CT molecular complexity index is 516. The first kappa shape index (κ1) is 12.8. The molecule has 1 unspecified atom stereocenters. The van der Waals surface area contributed by atoms with E-state index in [1.54, 1.807) is 11.0 Å². The monoisotopic (exact) mass is 305 g/mol. The highest BCUT2D eigenvalue weighted by Crippen LogP contribution is 2.21. The van der Waals surface area contributed by atoms with Crippen LogP contribution in [0.15, 0.2) is 41.4 Å². The van der Waals surface area contributed by atoms with Crippen LogP contribution in [0.5, 0.6) is 0 Å². The zero-order chi connectivity index (χ0) is 12.8. The smallest absolute Gasteiger partial charge is 0.137 e. The Morgan fingerprint density at radius 1 is 1.39 bits per heavy atom. The van der Waals surface area contributed by atoms with E-state index in [2.05, 4.69) is 31.9 Å². The third-order valence-electron chi connectivity index (χ3n) is 2.43. The molecule has 5 heteroatoms. The molecule has 0 saturated heterocycles. The molecule has 0 bridgehead atoms. The molecule has 0 N–H and O–H groups in total. The molecule has 0 aliphatic rings. The van der Waals surface area contributed by atoms with Gasteiger partial charge >= 0.3 is 0 Å². The number of aromatic nitrogens is 3. The molecule has 0 aliphatic heterocycles. The molecule has 1 heterocycles. The summed E-state index contributed by atoms with van der Waals surface area (Å²) in [6, 6.07) is 7.95. The lowest BCUT2D eigenvalue weighted by Gasteiger charge is -2.16. The van der Waals surface area contributed by atoms with Crippen molar-refractivity contribution in [3.05, 3.63) is 47.0 Å². The van der Waals surface area contributed by atoms with Gasteiger partial charge in [-0.1, -0.05) is 34.0 Å². The maximum atomic E-state index is 5.65. The number of benzene rings is 1. The largest absolute Gasteiger partial charge is 0.359 e. The molecule has 0 radical (unpaired) electrons. The fourth-order valence-corrected chi connectivity index (χ4v) is 1.84. The minimum atomic E-state index is -0.129. The van der Waals surface area contributed by atoms with Crippen molar-refractivity contribution in [2.45, 2.75) is 12.6 Å². The molecule has 0 spiro atoms. The van der Waals surface area contributed by atoms with Gasteiger partial charge in [0.25, 0.3) is 0 Å². The summed E-state index contributed by atoms with van der Waals surface area (Å²) >= 11 is 3.41. The normalized spacial score (nSPS) is 12.0. The number of terminal acetylenes is 1. The summed E-state index contributed by atoms with van der Waals surface area (Å²) in [6.07, 6.45) is 8.26. The minimum absolute atomic E-state index is 0.129. The zero-order valence-corrected chi connectivity index (χ0v) is 11.2. The van der Waals surface area contributed by atoms with Gasteiger partial charge in [0.05, 0.1) is 6.54 Å². The summed E-state index contributed by atoms with van der Waals surface area (Å²) in [4.78, 5) is 3.91. The highest BCUT2D eigenvalue weighted by molar-refractivity contribution is 9.10. The van der Waals surface area contributed by atoms with Gasteiger partial charge in [0.2, 0.25) is 0 Å². The summed E-state index contributed by atoms with van der Waals surface area (Å²) in [5.41, 5.74) is 1.06. The summed E-state index contributed by atoms with van der Waals surface area (Å²) in [6.45, 7) is 0.860. The van der Waals surface area contributed by atoms with Gasteiger partial charge in [0.1, 0.15) is 25.4 Å². The van der Waals surface area contributed by atoms with Crippen molar-refractivity contribution in [3.63, 3.8) is 0 Å². The van der Waals surface area contributed by atoms with E-state index in [0.717, 1.165) is 10.0 Å². The fraction of sp³-hybridized carbons (Fsp3) is 0.231. The molecule has 18 heavy (non-hydrogen) atoms. The van der Waals surface area contributed by atoms with E-state index in [1.807, 2.05) is 24.3 Å². The lowest BCUT2D eigenvalue weighted by Crippen LogP contribution is -2.13. The Hall–Kier alpha value is -1.64. The predicted molar refractivity (Wildman–Crippen MR) is 71.7 cm³/mol. The van der Waals surface area contributed by atoms with E-state index < -0.39 is 0 Å². The van der Waals surface area contributed by atoms with Crippen LogP contribution >= 0.6 is 15.9 Å². The molecule has 2 rings (SSSR count). The Balaban J connectivity index is 2.14. The Morgan fingerprint density at radius 3 is 2.78 bits per heavy atom. The van der Waals surface area contributed by atoms with Crippen molar-refractivity contribution < 1.29 is 4.74 Å². The van der Waals surface area contributed by atoms with Gasteiger partial charge in [0.15, 0.2) is 0 Å². The quantitative estimate of drug-likeness (QED) is 0.797. The van der Waals surface area contributed by atoms with Gasteiger partial charge in [-0.2, -0.15) is 5.10 Å². The first-order valence-corrected chi connectivity index (χ1v) is 6.22. The Labute approximate surface area is 114 Å². The van der Waals surface area contributed by atoms with Crippen LogP contribution in [-0.2, 0) is 11.3 Å². The first-order chi connectivity index (χ1) is 8.79. The topological polar surface area (TPSA) is 39.9 Å². The van der Waals surface area contributed by atoms with E-state index in [0.29, 0.717) is 6.54 Å². The Kier molecular flexibility index (Phi) is 4.51. The second-order valence-corrected chi connectivity index (χ2v) is 4.59. The van der Waals surface area contributed by atoms with E-state index in [1.165, 1.54) is 6.33 Å². The average Bonchev–Trinajstić information content (AvgIpc) is 2.88. The molecule has 0 saturated carbocycles. The summed E-state index contributed by atoms with van der Waals surface area (Å²) in [7, 11) is 0. The van der Waals surface area contributed by atoms with E-state index in [4.69, 9.17) is 11.2 Å². The predicted octanol–water partition coefficient (Wildman–Crippen LogP) is 2.43. The number of hydrogen-bond acceptors (Lipinski definition) is 3. The van der Waals surface area contributed by atoms with Crippen LogP contribution in [-0.4, -0.2) is 21.4 Å². The molecule has 92 valence electrons. The van der Waals surface area contributed by atoms with Gasteiger partial charge in [-0.25, -0.2) is 4.98 Å². The highest BCUT2D eigenvalue weighted by Gasteiger charge is 2.12. The number of hydrogen-bond donors (Lipinski definition) is 0. The SMILES string of the molecule is C#CCOC(Cn1cncn1)c1ccc(Br)cc1. The second-order valence-electron chi connectivity index (χ2n) is 3.67.